The Balaban J connectivity index is 2.15. The molecule has 0 aliphatic carbocycles. The minimum absolute atomic E-state index is 0.118. The van der Waals surface area contributed by atoms with Gasteiger partial charge in [0.25, 0.3) is 0 Å². The number of ketones is 1. The summed E-state index contributed by atoms with van der Waals surface area (Å²) in [7, 11) is 0. The zero-order valence-electron chi connectivity index (χ0n) is 9.31. The van der Waals surface area contributed by atoms with Crippen LogP contribution in [0.1, 0.15) is 19.2 Å². The van der Waals surface area contributed by atoms with E-state index in [1.807, 2.05) is 24.3 Å². The number of carbonyl (C=O) groups is 1. The summed E-state index contributed by atoms with van der Waals surface area (Å²) in [4.78, 5) is 15.1. The van der Waals surface area contributed by atoms with Crippen molar-refractivity contribution >= 4 is 21.7 Å². The minimum atomic E-state index is 0.118. The molecule has 0 saturated carbocycles. The van der Waals surface area contributed by atoms with E-state index in [0.717, 1.165) is 10.0 Å². The molecule has 0 N–H and O–H groups in total. The third kappa shape index (κ3) is 3.23. The fraction of sp³-hybridized carbons (Fsp3) is 0.250. The highest BCUT2D eigenvalue weighted by Gasteiger charge is 2.09. The second kappa shape index (κ2) is 5.23. The highest BCUT2D eigenvalue weighted by atomic mass is 79.9. The number of nitrogens with zero attached hydrogens (tertiary/aromatic N) is 2. The number of aromatic nitrogens is 2. The molecule has 1 heterocycles. The topological polar surface area (TPSA) is 56.0 Å². The predicted octanol–water partition coefficient (Wildman–Crippen LogP) is 3.02. The van der Waals surface area contributed by atoms with Crippen LogP contribution in [-0.4, -0.2) is 15.9 Å². The van der Waals surface area contributed by atoms with Crippen LogP contribution in [0, 0.1) is 0 Å². The molecule has 0 spiro atoms. The van der Waals surface area contributed by atoms with E-state index >= 15 is 0 Å². The third-order valence-electron chi connectivity index (χ3n) is 2.24. The van der Waals surface area contributed by atoms with Gasteiger partial charge in [-0.05, 0) is 19.1 Å². The Labute approximate surface area is 107 Å². The molecule has 0 fully saturated rings. The molecule has 5 heteroatoms. The molecule has 0 saturated heterocycles. The lowest BCUT2D eigenvalue weighted by Gasteiger charge is -1.94. The van der Waals surface area contributed by atoms with Crippen molar-refractivity contribution in [2.75, 3.05) is 0 Å². The molecule has 17 heavy (non-hydrogen) atoms. The summed E-state index contributed by atoms with van der Waals surface area (Å²) in [6.07, 6.45) is 0.927. The first-order valence-corrected chi connectivity index (χ1v) is 6.02. The standard InChI is InChI=1S/C12H11BrN2O2/c1-8(16)5-6-11-14-12(15-17-11)9-3-2-4-10(13)7-9/h2-4,7H,5-6H2,1H3. The fourth-order valence-electron chi connectivity index (χ4n) is 1.38. The molecule has 2 aromatic rings. The third-order valence-corrected chi connectivity index (χ3v) is 2.74. The van der Waals surface area contributed by atoms with Gasteiger partial charge >= 0.3 is 0 Å². The number of hydrogen-bond acceptors (Lipinski definition) is 4. The van der Waals surface area contributed by atoms with Crippen LogP contribution in [0.3, 0.4) is 0 Å². The molecule has 0 atom stereocenters. The molecule has 1 aromatic heterocycles. The van der Waals surface area contributed by atoms with Gasteiger partial charge in [0.1, 0.15) is 5.78 Å². The van der Waals surface area contributed by atoms with Crippen molar-refractivity contribution in [1.82, 2.24) is 10.1 Å². The summed E-state index contributed by atoms with van der Waals surface area (Å²) >= 11 is 3.39. The van der Waals surface area contributed by atoms with E-state index in [2.05, 4.69) is 26.1 Å². The van der Waals surface area contributed by atoms with Crippen LogP contribution < -0.4 is 0 Å². The first-order chi connectivity index (χ1) is 8.15. The number of Topliss-reactive ketones (excluding diaryl/α,β-unsaturated/α-hetero) is 1. The van der Waals surface area contributed by atoms with Crippen molar-refractivity contribution in [3.63, 3.8) is 0 Å². The van der Waals surface area contributed by atoms with Gasteiger partial charge in [-0.25, -0.2) is 0 Å². The maximum Gasteiger partial charge on any atom is 0.227 e. The minimum Gasteiger partial charge on any atom is -0.339 e. The van der Waals surface area contributed by atoms with Gasteiger partial charge < -0.3 is 9.32 Å². The van der Waals surface area contributed by atoms with Crippen LogP contribution in [0.4, 0.5) is 0 Å². The van der Waals surface area contributed by atoms with Crippen LogP contribution in [0.25, 0.3) is 11.4 Å². The highest BCUT2D eigenvalue weighted by molar-refractivity contribution is 9.10. The number of aryl methyl sites for hydroxylation is 1. The summed E-state index contributed by atoms with van der Waals surface area (Å²) in [6.45, 7) is 1.55. The maximum atomic E-state index is 10.8. The molecule has 0 radical (unpaired) electrons. The second-order valence-electron chi connectivity index (χ2n) is 3.72. The zero-order valence-corrected chi connectivity index (χ0v) is 10.9. The van der Waals surface area contributed by atoms with Crippen molar-refractivity contribution in [3.05, 3.63) is 34.6 Å². The normalized spacial score (nSPS) is 10.5. The van der Waals surface area contributed by atoms with Gasteiger partial charge in [0.15, 0.2) is 0 Å². The van der Waals surface area contributed by atoms with Crippen LogP contribution >= 0.6 is 15.9 Å². The number of benzene rings is 1. The molecule has 88 valence electrons. The molecule has 0 aliphatic heterocycles. The number of halogens is 1. The van der Waals surface area contributed by atoms with Gasteiger partial charge in [0.05, 0.1) is 0 Å². The lowest BCUT2D eigenvalue weighted by Crippen LogP contribution is -1.94. The lowest BCUT2D eigenvalue weighted by atomic mass is 10.2. The van der Waals surface area contributed by atoms with E-state index in [9.17, 15) is 4.79 Å². The Kier molecular flexibility index (Phi) is 3.68. The molecule has 0 bridgehead atoms. The van der Waals surface area contributed by atoms with Crippen LogP contribution in [0.5, 0.6) is 0 Å². The van der Waals surface area contributed by atoms with Crippen molar-refractivity contribution in [1.29, 1.82) is 0 Å². The molecule has 0 unspecified atom stereocenters. The van der Waals surface area contributed by atoms with E-state index in [4.69, 9.17) is 4.52 Å². The predicted molar refractivity (Wildman–Crippen MR) is 66.4 cm³/mol. The van der Waals surface area contributed by atoms with Gasteiger partial charge in [-0.15, -0.1) is 0 Å². The quantitative estimate of drug-likeness (QED) is 0.870. The van der Waals surface area contributed by atoms with Crippen LogP contribution in [0.15, 0.2) is 33.3 Å². The highest BCUT2D eigenvalue weighted by Crippen LogP contribution is 2.20. The SMILES string of the molecule is CC(=O)CCc1nc(-c2cccc(Br)c2)no1. The van der Waals surface area contributed by atoms with Gasteiger partial charge in [0.2, 0.25) is 11.7 Å². The van der Waals surface area contributed by atoms with Crippen molar-refractivity contribution in [3.8, 4) is 11.4 Å². The fourth-order valence-corrected chi connectivity index (χ4v) is 1.78. The Morgan fingerprint density at radius 1 is 1.47 bits per heavy atom. The number of carbonyl (C=O) groups excluding carboxylic acids is 1. The maximum absolute atomic E-state index is 10.8. The second-order valence-corrected chi connectivity index (χ2v) is 4.64. The van der Waals surface area contributed by atoms with E-state index in [0.29, 0.717) is 24.6 Å². The Bertz CT molecular complexity index is 537. The molecule has 4 nitrogen and oxygen atoms in total. The smallest absolute Gasteiger partial charge is 0.227 e. The number of rotatable bonds is 4. The average molecular weight is 295 g/mol. The Hall–Kier alpha value is -1.49. The largest absolute Gasteiger partial charge is 0.339 e. The van der Waals surface area contributed by atoms with Crippen molar-refractivity contribution in [2.24, 2.45) is 0 Å². The molecule has 0 amide bonds. The van der Waals surface area contributed by atoms with Crippen LogP contribution in [-0.2, 0) is 11.2 Å². The Morgan fingerprint density at radius 2 is 2.29 bits per heavy atom. The van der Waals surface area contributed by atoms with Gasteiger partial charge in [-0.1, -0.05) is 33.2 Å². The van der Waals surface area contributed by atoms with Gasteiger partial charge in [-0.3, -0.25) is 0 Å². The monoisotopic (exact) mass is 294 g/mol. The summed E-state index contributed by atoms with van der Waals surface area (Å²) in [6, 6.07) is 7.66. The number of hydrogen-bond donors (Lipinski definition) is 0. The molecule has 2 rings (SSSR count). The molecule has 1 aromatic carbocycles. The summed E-state index contributed by atoms with van der Waals surface area (Å²) in [5.74, 6) is 1.16. The first kappa shape index (κ1) is 12.0. The van der Waals surface area contributed by atoms with E-state index in [1.54, 1.807) is 6.92 Å². The molecule has 0 aliphatic rings. The molecular formula is C12H11BrN2O2. The molecular weight excluding hydrogens is 284 g/mol. The average Bonchev–Trinajstić information content (AvgIpc) is 2.75. The lowest BCUT2D eigenvalue weighted by molar-refractivity contribution is -0.117. The van der Waals surface area contributed by atoms with Crippen molar-refractivity contribution < 1.29 is 9.32 Å². The Morgan fingerprint density at radius 3 is 3.00 bits per heavy atom. The zero-order chi connectivity index (χ0) is 12.3. The summed E-state index contributed by atoms with van der Waals surface area (Å²) in [5.41, 5.74) is 0.886. The first-order valence-electron chi connectivity index (χ1n) is 5.23. The van der Waals surface area contributed by atoms with Gasteiger partial charge in [-0.2, -0.15) is 4.98 Å². The van der Waals surface area contributed by atoms with Gasteiger partial charge in [0, 0.05) is 22.9 Å². The van der Waals surface area contributed by atoms with Crippen molar-refractivity contribution in [2.45, 2.75) is 19.8 Å². The summed E-state index contributed by atoms with van der Waals surface area (Å²) < 4.78 is 6.04. The van der Waals surface area contributed by atoms with E-state index in [1.165, 1.54) is 0 Å². The van der Waals surface area contributed by atoms with Crippen LogP contribution in [0.2, 0.25) is 0 Å². The summed E-state index contributed by atoms with van der Waals surface area (Å²) in [5, 5.41) is 3.89. The van der Waals surface area contributed by atoms with E-state index in [-0.39, 0.29) is 5.78 Å². The van der Waals surface area contributed by atoms with E-state index < -0.39 is 0 Å².